The molecule has 1 amide bonds. The number of methoxy groups -OCH3 is 1. The number of hydrogen-bond acceptors (Lipinski definition) is 3. The lowest BCUT2D eigenvalue weighted by Crippen LogP contribution is -2.69. The van der Waals surface area contributed by atoms with Crippen LogP contribution in [0.1, 0.15) is 40.5 Å². The second kappa shape index (κ2) is 8.08. The van der Waals surface area contributed by atoms with E-state index >= 15 is 0 Å². The first-order valence-corrected chi connectivity index (χ1v) is 6.49. The first-order chi connectivity index (χ1) is 8.27. The van der Waals surface area contributed by atoms with E-state index in [0.717, 1.165) is 0 Å². The van der Waals surface area contributed by atoms with E-state index < -0.39 is 12.0 Å². The molecule has 0 aromatic rings. The van der Waals surface area contributed by atoms with Crippen LogP contribution in [0.2, 0.25) is 0 Å². The maximum atomic E-state index is 11.9. The number of carbonyl (C=O) groups is 2. The summed E-state index contributed by atoms with van der Waals surface area (Å²) in [5.41, 5.74) is 3.83. The Morgan fingerprint density at radius 1 is 1.11 bits per heavy atom. The Kier molecular flexibility index (Phi) is 7.59. The van der Waals surface area contributed by atoms with E-state index in [-0.39, 0.29) is 11.9 Å². The fourth-order valence-electron chi connectivity index (χ4n) is 1.79. The first-order valence-electron chi connectivity index (χ1n) is 6.49. The van der Waals surface area contributed by atoms with Gasteiger partial charge in [0.05, 0.1) is 7.11 Å². The van der Waals surface area contributed by atoms with Crippen molar-refractivity contribution in [3.63, 3.8) is 0 Å². The zero-order valence-electron chi connectivity index (χ0n) is 12.2. The summed E-state index contributed by atoms with van der Waals surface area (Å²) in [6, 6.07) is -0.900. The smallest absolute Gasteiger partial charge is 0.328 e. The molecule has 0 aliphatic carbocycles. The molecule has 5 nitrogen and oxygen atoms in total. The Morgan fingerprint density at radius 3 is 2.00 bits per heavy atom. The standard InChI is InChI=1S/C13H26N2O3/c1-8(2)6-10(14)12(16)15-11(7-9(3)4)13(17)18-5/h8-11H,6-7,14H2,1-5H3,(H,15,16)/p+1/t10-,11-/m0/s1. The Bertz CT molecular complexity index is 277. The quantitative estimate of drug-likeness (QED) is 0.647. The molecule has 4 N–H and O–H groups in total. The molecule has 5 heteroatoms. The highest BCUT2D eigenvalue weighted by Gasteiger charge is 2.27. The van der Waals surface area contributed by atoms with Crippen LogP contribution in [0.3, 0.4) is 0 Å². The molecule has 0 spiro atoms. The highest BCUT2D eigenvalue weighted by molar-refractivity contribution is 5.86. The van der Waals surface area contributed by atoms with Crippen LogP contribution < -0.4 is 11.1 Å². The van der Waals surface area contributed by atoms with Crippen LogP contribution in [0.25, 0.3) is 0 Å². The van der Waals surface area contributed by atoms with Gasteiger partial charge in [0.25, 0.3) is 5.91 Å². The second-order valence-electron chi connectivity index (χ2n) is 5.54. The molecule has 106 valence electrons. The lowest BCUT2D eigenvalue weighted by atomic mass is 10.0. The van der Waals surface area contributed by atoms with E-state index in [1.807, 2.05) is 27.7 Å². The molecule has 0 aliphatic heterocycles. The Balaban J connectivity index is 4.47. The molecule has 0 aliphatic rings. The Morgan fingerprint density at radius 2 is 1.61 bits per heavy atom. The molecule has 0 radical (unpaired) electrons. The van der Waals surface area contributed by atoms with Crippen LogP contribution in [-0.2, 0) is 14.3 Å². The molecule has 0 rings (SSSR count). The Hall–Kier alpha value is -1.10. The van der Waals surface area contributed by atoms with Crippen LogP contribution in [0.5, 0.6) is 0 Å². The van der Waals surface area contributed by atoms with Crippen molar-refractivity contribution in [2.75, 3.05) is 7.11 Å². The normalized spacial score (nSPS) is 14.4. The van der Waals surface area contributed by atoms with Gasteiger partial charge in [-0.1, -0.05) is 27.7 Å². The van der Waals surface area contributed by atoms with Gasteiger partial charge < -0.3 is 15.8 Å². The van der Waals surface area contributed by atoms with Crippen LogP contribution in [-0.4, -0.2) is 31.1 Å². The summed E-state index contributed by atoms with van der Waals surface area (Å²) in [5, 5.41) is 2.73. The summed E-state index contributed by atoms with van der Waals surface area (Å²) in [6.07, 6.45) is 1.29. The third-order valence-corrected chi connectivity index (χ3v) is 2.64. The minimum absolute atomic E-state index is 0.181. The molecular formula is C13H27N2O3+. The van der Waals surface area contributed by atoms with Crippen LogP contribution in [0.15, 0.2) is 0 Å². The highest BCUT2D eigenvalue weighted by Crippen LogP contribution is 2.07. The third-order valence-electron chi connectivity index (χ3n) is 2.64. The topological polar surface area (TPSA) is 83.0 Å². The number of quaternary nitrogens is 1. The average molecular weight is 259 g/mol. The number of carbonyl (C=O) groups excluding carboxylic acids is 2. The van der Waals surface area contributed by atoms with Crippen molar-refractivity contribution in [3.05, 3.63) is 0 Å². The van der Waals surface area contributed by atoms with E-state index in [1.54, 1.807) is 0 Å². The number of esters is 1. The van der Waals surface area contributed by atoms with Gasteiger partial charge in [0.15, 0.2) is 6.04 Å². The van der Waals surface area contributed by atoms with E-state index in [2.05, 4.69) is 11.1 Å². The van der Waals surface area contributed by atoms with Crippen LogP contribution in [0.4, 0.5) is 0 Å². The third kappa shape index (κ3) is 6.59. The molecule has 0 aromatic heterocycles. The monoisotopic (exact) mass is 259 g/mol. The molecule has 0 heterocycles. The summed E-state index contributed by atoms with van der Waals surface area (Å²) in [7, 11) is 1.33. The molecular weight excluding hydrogens is 232 g/mol. The minimum Gasteiger partial charge on any atom is -0.467 e. The van der Waals surface area contributed by atoms with Crippen molar-refractivity contribution in [3.8, 4) is 0 Å². The van der Waals surface area contributed by atoms with Crippen molar-refractivity contribution < 1.29 is 20.1 Å². The molecule has 0 fully saturated rings. The number of nitrogens with one attached hydrogen (secondary N) is 1. The number of ether oxygens (including phenoxy) is 1. The van der Waals surface area contributed by atoms with Gasteiger partial charge in [-0.15, -0.1) is 0 Å². The van der Waals surface area contributed by atoms with Gasteiger partial charge in [-0.25, -0.2) is 4.79 Å². The average Bonchev–Trinajstić information content (AvgIpc) is 2.25. The van der Waals surface area contributed by atoms with Gasteiger partial charge in [-0.2, -0.15) is 0 Å². The number of hydrogen-bond donors (Lipinski definition) is 2. The van der Waals surface area contributed by atoms with Gasteiger partial charge in [0, 0.05) is 6.42 Å². The van der Waals surface area contributed by atoms with Crippen molar-refractivity contribution in [2.45, 2.75) is 52.6 Å². The maximum Gasteiger partial charge on any atom is 0.328 e. The zero-order chi connectivity index (χ0) is 14.3. The number of rotatable bonds is 7. The van der Waals surface area contributed by atoms with Crippen LogP contribution >= 0.6 is 0 Å². The molecule has 18 heavy (non-hydrogen) atoms. The van der Waals surface area contributed by atoms with E-state index in [4.69, 9.17) is 4.74 Å². The van der Waals surface area contributed by atoms with Gasteiger partial charge in [0.1, 0.15) is 6.04 Å². The first kappa shape index (κ1) is 16.9. The van der Waals surface area contributed by atoms with E-state index in [9.17, 15) is 9.59 Å². The van der Waals surface area contributed by atoms with Gasteiger partial charge in [0.2, 0.25) is 0 Å². The van der Waals surface area contributed by atoms with Crippen molar-refractivity contribution in [2.24, 2.45) is 11.8 Å². The Labute approximate surface area is 109 Å². The second-order valence-corrected chi connectivity index (χ2v) is 5.54. The molecule has 2 atom stereocenters. The summed E-state index contributed by atoms with van der Waals surface area (Å²) >= 11 is 0. The summed E-state index contributed by atoms with van der Waals surface area (Å²) < 4.78 is 4.70. The lowest BCUT2D eigenvalue weighted by molar-refractivity contribution is -0.406. The molecule has 0 bridgehead atoms. The molecule has 0 saturated carbocycles. The molecule has 0 unspecified atom stereocenters. The van der Waals surface area contributed by atoms with Crippen molar-refractivity contribution >= 4 is 11.9 Å². The molecule has 0 aromatic carbocycles. The fraction of sp³-hybridized carbons (Fsp3) is 0.846. The highest BCUT2D eigenvalue weighted by atomic mass is 16.5. The predicted molar refractivity (Wildman–Crippen MR) is 69.5 cm³/mol. The zero-order valence-corrected chi connectivity index (χ0v) is 12.2. The van der Waals surface area contributed by atoms with E-state index in [1.165, 1.54) is 7.11 Å². The molecule has 0 saturated heterocycles. The SMILES string of the molecule is COC(=O)[C@H](CC(C)C)NC(=O)[C@@H]([NH3+])CC(C)C. The van der Waals surface area contributed by atoms with E-state index in [0.29, 0.717) is 24.7 Å². The van der Waals surface area contributed by atoms with Crippen molar-refractivity contribution in [1.82, 2.24) is 5.32 Å². The van der Waals surface area contributed by atoms with Gasteiger partial charge >= 0.3 is 5.97 Å². The summed E-state index contributed by atoms with van der Waals surface area (Å²) in [5.74, 6) is 0.135. The van der Waals surface area contributed by atoms with Gasteiger partial charge in [-0.05, 0) is 18.3 Å². The fourth-order valence-corrected chi connectivity index (χ4v) is 1.79. The largest absolute Gasteiger partial charge is 0.467 e. The lowest BCUT2D eigenvalue weighted by Gasteiger charge is -2.20. The maximum absolute atomic E-state index is 11.9. The van der Waals surface area contributed by atoms with Crippen molar-refractivity contribution in [1.29, 1.82) is 0 Å². The van der Waals surface area contributed by atoms with Crippen LogP contribution in [0, 0.1) is 11.8 Å². The van der Waals surface area contributed by atoms with Gasteiger partial charge in [-0.3, -0.25) is 4.79 Å². The number of amides is 1. The summed E-state index contributed by atoms with van der Waals surface area (Å²) in [6.45, 7) is 8.07. The predicted octanol–water partition coefficient (Wildman–Crippen LogP) is 0.347. The summed E-state index contributed by atoms with van der Waals surface area (Å²) in [4.78, 5) is 23.5. The minimum atomic E-state index is -0.570.